The molecule has 4 aromatic rings. The molecular formula is C78H151Cl2N11O5S. The van der Waals surface area contributed by atoms with E-state index in [1.54, 1.807) is 43.3 Å². The maximum absolute atomic E-state index is 7.82. The van der Waals surface area contributed by atoms with Crippen molar-refractivity contribution >= 4 is 34.5 Å². The number of aromatic nitrogens is 2. The number of nitrogens with one attached hydrogen (secondary N) is 4. The van der Waals surface area contributed by atoms with Gasteiger partial charge in [-0.2, -0.15) is 5.26 Å². The Balaban J connectivity index is -0.000000317. The number of likely N-dealkylation sites (tertiary alicyclic amines) is 2. The summed E-state index contributed by atoms with van der Waals surface area (Å²) in [4.78, 5) is 18.4. The van der Waals surface area contributed by atoms with Crippen molar-refractivity contribution in [1.29, 1.82) is 5.26 Å². The van der Waals surface area contributed by atoms with Crippen molar-refractivity contribution in [2.45, 2.75) is 249 Å². The highest BCUT2D eigenvalue weighted by Crippen LogP contribution is 2.16. The van der Waals surface area contributed by atoms with Crippen LogP contribution in [0.15, 0.2) is 77.1 Å². The Kier molecular flexibility index (Phi) is 88.3. The van der Waals surface area contributed by atoms with E-state index in [0.717, 1.165) is 101 Å². The number of nitrogens with zero attached hydrogens (tertiary/aromatic N) is 7. The van der Waals surface area contributed by atoms with Crippen molar-refractivity contribution < 1.29 is 23.4 Å². The number of hydrogen-bond acceptors (Lipinski definition) is 17. The van der Waals surface area contributed by atoms with E-state index in [9.17, 15) is 0 Å². The SMILES string of the molecule is CC1CN(C)CC(C)O1.CCCC.CCCC#N.CCCC1CCCO1.CCCCC.CCCCCOC.CCOCCN(C)C.CN1CCCCC1.CN1CCCCCC1.CNCc1ccco1.CNCc1cccs1.CNCc1ccnc(Cl)c1.CNCc1ccncc1Cl. The lowest BCUT2D eigenvalue weighted by molar-refractivity contribution is -0.0602. The zero-order chi connectivity index (χ0) is 73.6. The van der Waals surface area contributed by atoms with E-state index in [1.165, 1.54) is 153 Å². The summed E-state index contributed by atoms with van der Waals surface area (Å²) in [5.41, 5.74) is 2.24. The maximum atomic E-state index is 7.82. The molecule has 4 N–H and O–H groups in total. The van der Waals surface area contributed by atoms with Crippen LogP contribution in [0.5, 0.6) is 0 Å². The fraction of sp³-hybridized carbons (Fsp3) is 0.756. The number of rotatable bonds is 22. The van der Waals surface area contributed by atoms with Crippen LogP contribution in [0.2, 0.25) is 10.2 Å². The molecule has 4 saturated heterocycles. The molecule has 8 rings (SSSR count). The molecule has 3 atom stereocenters. The van der Waals surface area contributed by atoms with E-state index in [1.807, 2.05) is 92.5 Å². The maximum Gasteiger partial charge on any atom is 0.129 e. The van der Waals surface area contributed by atoms with Crippen molar-refractivity contribution in [2.75, 3.05) is 143 Å². The summed E-state index contributed by atoms with van der Waals surface area (Å²) in [5, 5.41) is 23.3. The summed E-state index contributed by atoms with van der Waals surface area (Å²) < 4.78 is 25.9. The molecule has 3 unspecified atom stereocenters. The van der Waals surface area contributed by atoms with Gasteiger partial charge >= 0.3 is 0 Å². The first-order valence-corrected chi connectivity index (χ1v) is 38.7. The minimum Gasteiger partial charge on any atom is -0.468 e. The molecule has 4 aromatic heterocycles. The summed E-state index contributed by atoms with van der Waals surface area (Å²) in [6.07, 6.45) is 35.5. The van der Waals surface area contributed by atoms with Crippen LogP contribution in [0.3, 0.4) is 0 Å². The molecule has 0 bridgehead atoms. The molecule has 0 amide bonds. The first kappa shape index (κ1) is 103. The van der Waals surface area contributed by atoms with E-state index >= 15 is 0 Å². The molecule has 0 spiro atoms. The van der Waals surface area contributed by atoms with Crippen LogP contribution in [0.4, 0.5) is 0 Å². The number of likely N-dealkylation sites (N-methyl/N-ethyl adjacent to an activating group) is 2. The van der Waals surface area contributed by atoms with Crippen LogP contribution < -0.4 is 21.3 Å². The first-order valence-electron chi connectivity index (χ1n) is 37.1. The number of ether oxygens (including phenoxy) is 4. The van der Waals surface area contributed by atoms with Gasteiger partial charge in [0.25, 0.3) is 0 Å². The van der Waals surface area contributed by atoms with E-state index in [-0.39, 0.29) is 0 Å². The predicted molar refractivity (Wildman–Crippen MR) is 424 cm³/mol. The normalized spacial score (nSPS) is 16.1. The lowest BCUT2D eigenvalue weighted by Gasteiger charge is -2.32. The number of furan rings is 1. The second-order valence-electron chi connectivity index (χ2n) is 24.7. The van der Waals surface area contributed by atoms with Gasteiger partial charge in [0.15, 0.2) is 0 Å². The Hall–Kier alpha value is -3.13. The lowest BCUT2D eigenvalue weighted by Crippen LogP contribution is -2.42. The van der Waals surface area contributed by atoms with E-state index in [0.29, 0.717) is 29.9 Å². The van der Waals surface area contributed by atoms with Gasteiger partial charge in [-0.15, -0.1) is 11.3 Å². The number of pyridine rings is 2. The largest absolute Gasteiger partial charge is 0.468 e. The van der Waals surface area contributed by atoms with Crippen molar-refractivity contribution in [3.63, 3.8) is 0 Å². The zero-order valence-electron chi connectivity index (χ0n) is 66.0. The number of unbranched alkanes of at least 4 members (excludes halogenated alkanes) is 6. The Morgan fingerprint density at radius 2 is 1.25 bits per heavy atom. The molecule has 0 aromatic carbocycles. The fourth-order valence-electron chi connectivity index (χ4n) is 8.93. The number of halogens is 2. The van der Waals surface area contributed by atoms with E-state index in [4.69, 9.17) is 51.8 Å². The van der Waals surface area contributed by atoms with Crippen LogP contribution in [0.25, 0.3) is 0 Å². The number of morpholine rings is 1. The standard InChI is InChI=1S/2C7H9ClN2.C7H15NO.C7H15N.C7H14O.C6H9NO.C6H15NO.C6H9NS.C6H13N.C6H14O.C5H12.C4H7N.C4H10/c1-9-4-6-2-3-10-5-7(6)8;1-9-5-6-2-3-10-7(8)4-6;1-6-4-8(3)5-7(2)9-6;1-8-6-4-2-3-5-7-8;1-2-4-7-5-3-6-8-7;1-7-5-6-3-2-4-8-6;1-4-8-6-5-7(2)3;1-7-5-6-3-2-4-8-6;1-7-5-3-2-4-6-7;1-3-4-5-6-7-2;1-3-5-4-2;1-2-3-4-5;1-3-4-2/h2-3,5,9H,4H2,1H3;2-4,9H,5H2,1H3;6-7H,4-5H2,1-3H3;2-7H2,1H3;7H,2-6H2,1H3;2-4,7H,5H2,1H3;4-6H2,1-3H3;2-4,7H,5H2,1H3;2-6H2,1H3;3-6H2,1-2H3;3-5H2,1-2H3;2-3H2,1H3;3-4H2,1-2H3. The quantitative estimate of drug-likeness (QED) is 0.0434. The van der Waals surface area contributed by atoms with Crippen molar-refractivity contribution in [1.82, 2.24) is 50.8 Å². The first-order chi connectivity index (χ1) is 46.9. The van der Waals surface area contributed by atoms with Crippen LogP contribution in [0, 0.1) is 11.3 Å². The van der Waals surface area contributed by atoms with Crippen LogP contribution in [-0.2, 0) is 45.1 Å². The van der Waals surface area contributed by atoms with E-state index < -0.39 is 0 Å². The summed E-state index contributed by atoms with van der Waals surface area (Å²) in [5.74, 6) is 0.979. The van der Waals surface area contributed by atoms with Crippen LogP contribution in [-0.4, -0.2) is 191 Å². The third kappa shape index (κ3) is 81.7. The fourth-order valence-corrected chi connectivity index (χ4v) is 10.0. The van der Waals surface area contributed by atoms with E-state index in [2.05, 4.69) is 145 Å². The van der Waals surface area contributed by atoms with Gasteiger partial charge in [0.2, 0.25) is 0 Å². The van der Waals surface area contributed by atoms with Gasteiger partial charge in [-0.1, -0.05) is 148 Å². The van der Waals surface area contributed by atoms with Gasteiger partial charge in [0, 0.05) is 96.1 Å². The predicted octanol–water partition coefficient (Wildman–Crippen LogP) is 18.4. The van der Waals surface area contributed by atoms with Crippen molar-refractivity contribution in [2.24, 2.45) is 0 Å². The number of piperidine rings is 1. The average molecular weight is 1430 g/mol. The molecule has 8 heterocycles. The molecule has 0 radical (unpaired) electrons. The number of thiophene rings is 1. The molecule has 19 heteroatoms. The minimum absolute atomic E-state index is 0.416. The third-order valence-corrected chi connectivity index (χ3v) is 15.7. The number of methoxy groups -OCH3 is 1. The summed E-state index contributed by atoms with van der Waals surface area (Å²) in [7, 11) is 20.0. The average Bonchev–Trinajstić information content (AvgIpc) is 2.97. The zero-order valence-corrected chi connectivity index (χ0v) is 68.3. The second kappa shape index (κ2) is 83.5. The summed E-state index contributed by atoms with van der Waals surface area (Å²) >= 11 is 13.2. The van der Waals surface area contributed by atoms with Crippen LogP contribution >= 0.6 is 34.5 Å². The molecule has 4 aliphatic rings. The Morgan fingerprint density at radius 3 is 1.64 bits per heavy atom. The van der Waals surface area contributed by atoms with Gasteiger partial charge in [-0.05, 0) is 221 Å². The smallest absolute Gasteiger partial charge is 0.129 e. The Labute approximate surface area is 612 Å². The molecule has 4 fully saturated rings. The number of hydrogen-bond donors (Lipinski definition) is 4. The Bertz CT molecular complexity index is 2030. The highest BCUT2D eigenvalue weighted by molar-refractivity contribution is 7.09. The second-order valence-corrected chi connectivity index (χ2v) is 26.5. The number of nitriles is 1. The molecule has 97 heavy (non-hydrogen) atoms. The summed E-state index contributed by atoms with van der Waals surface area (Å²) in [6, 6.07) is 15.7. The highest BCUT2D eigenvalue weighted by atomic mass is 35.5. The van der Waals surface area contributed by atoms with Crippen molar-refractivity contribution in [3.8, 4) is 6.07 Å². The molecule has 0 aliphatic carbocycles. The molecule has 0 saturated carbocycles. The van der Waals surface area contributed by atoms with Crippen LogP contribution in [0.1, 0.15) is 226 Å². The van der Waals surface area contributed by atoms with Gasteiger partial charge in [-0.3, -0.25) is 4.98 Å². The molecular weight excluding hydrogens is 1270 g/mol. The molecule has 4 aliphatic heterocycles. The molecule has 16 nitrogen and oxygen atoms in total. The third-order valence-electron chi connectivity index (χ3n) is 14.3. The Morgan fingerprint density at radius 1 is 0.660 bits per heavy atom. The summed E-state index contributed by atoms with van der Waals surface area (Å²) in [6.45, 7) is 36.9. The topological polar surface area (TPSA) is 161 Å². The highest BCUT2D eigenvalue weighted by Gasteiger charge is 2.18. The van der Waals surface area contributed by atoms with Gasteiger partial charge in [0.05, 0.1) is 48.8 Å². The van der Waals surface area contributed by atoms with Gasteiger partial charge in [0.1, 0.15) is 10.9 Å². The molecule has 568 valence electrons. The van der Waals surface area contributed by atoms with Gasteiger partial charge in [-0.25, -0.2) is 4.98 Å². The lowest BCUT2D eigenvalue weighted by atomic mass is 10.1. The van der Waals surface area contributed by atoms with Crippen molar-refractivity contribution in [3.05, 3.63) is 105 Å². The monoisotopic (exact) mass is 1420 g/mol. The van der Waals surface area contributed by atoms with Gasteiger partial charge < -0.3 is 64.2 Å². The minimum atomic E-state index is 0.416.